The molecule has 2 N–H and O–H groups in total. The molecular formula is C14H18FN3S. The summed E-state index contributed by atoms with van der Waals surface area (Å²) in [5, 5.41) is 3.14. The monoisotopic (exact) mass is 279 g/mol. The first kappa shape index (κ1) is 14.1. The van der Waals surface area contributed by atoms with Gasteiger partial charge >= 0.3 is 0 Å². The lowest BCUT2D eigenvalue weighted by molar-refractivity contribution is 0.315. The summed E-state index contributed by atoms with van der Waals surface area (Å²) < 4.78 is 13.1. The van der Waals surface area contributed by atoms with Crippen molar-refractivity contribution in [3.05, 3.63) is 51.7 Å². The maximum Gasteiger partial charge on any atom is 0.123 e. The van der Waals surface area contributed by atoms with E-state index in [2.05, 4.69) is 15.3 Å². The molecule has 0 aliphatic rings. The molecule has 2 aromatic rings. The number of thiazole rings is 1. The summed E-state index contributed by atoms with van der Waals surface area (Å²) in [4.78, 5) is 6.64. The van der Waals surface area contributed by atoms with Crippen LogP contribution in [0.15, 0.2) is 29.6 Å². The fourth-order valence-electron chi connectivity index (χ4n) is 1.94. The lowest BCUT2D eigenvalue weighted by Gasteiger charge is -2.15. The SMILES string of the molecule is CN(Cc1cccc(F)c1)Cc1csc(CCN)n1. The topological polar surface area (TPSA) is 42.1 Å². The van der Waals surface area contributed by atoms with Crippen LogP contribution in [0.2, 0.25) is 0 Å². The summed E-state index contributed by atoms with van der Waals surface area (Å²) in [7, 11) is 2.01. The molecule has 0 aliphatic carbocycles. The number of hydrogen-bond acceptors (Lipinski definition) is 4. The van der Waals surface area contributed by atoms with E-state index in [4.69, 9.17) is 5.73 Å². The van der Waals surface area contributed by atoms with Crippen LogP contribution in [0.4, 0.5) is 4.39 Å². The smallest absolute Gasteiger partial charge is 0.123 e. The van der Waals surface area contributed by atoms with Crippen molar-refractivity contribution in [3.8, 4) is 0 Å². The summed E-state index contributed by atoms with van der Waals surface area (Å²) in [6, 6.07) is 6.70. The number of benzene rings is 1. The van der Waals surface area contributed by atoms with Crippen LogP contribution in [0.3, 0.4) is 0 Å². The molecule has 3 nitrogen and oxygen atoms in total. The predicted octanol–water partition coefficient (Wildman–Crippen LogP) is 2.42. The van der Waals surface area contributed by atoms with Gasteiger partial charge in [-0.2, -0.15) is 0 Å². The van der Waals surface area contributed by atoms with Crippen molar-refractivity contribution in [2.24, 2.45) is 5.73 Å². The van der Waals surface area contributed by atoms with Gasteiger partial charge in [-0.15, -0.1) is 11.3 Å². The van der Waals surface area contributed by atoms with Gasteiger partial charge in [0.15, 0.2) is 0 Å². The van der Waals surface area contributed by atoms with Crippen LogP contribution in [-0.2, 0) is 19.5 Å². The van der Waals surface area contributed by atoms with E-state index in [9.17, 15) is 4.39 Å². The van der Waals surface area contributed by atoms with Crippen molar-refractivity contribution in [1.29, 1.82) is 0 Å². The minimum Gasteiger partial charge on any atom is -0.330 e. The summed E-state index contributed by atoms with van der Waals surface area (Å²) in [5.41, 5.74) is 7.53. The van der Waals surface area contributed by atoms with Crippen molar-refractivity contribution in [2.45, 2.75) is 19.5 Å². The van der Waals surface area contributed by atoms with Crippen LogP contribution >= 0.6 is 11.3 Å². The van der Waals surface area contributed by atoms with Crippen LogP contribution in [0.25, 0.3) is 0 Å². The average Bonchev–Trinajstić information content (AvgIpc) is 2.77. The highest BCUT2D eigenvalue weighted by atomic mass is 32.1. The molecule has 1 aromatic carbocycles. The van der Waals surface area contributed by atoms with E-state index in [-0.39, 0.29) is 5.82 Å². The lowest BCUT2D eigenvalue weighted by Crippen LogP contribution is -2.17. The van der Waals surface area contributed by atoms with Crippen LogP contribution in [0.5, 0.6) is 0 Å². The lowest BCUT2D eigenvalue weighted by atomic mass is 10.2. The highest BCUT2D eigenvalue weighted by Crippen LogP contribution is 2.13. The number of nitrogens with zero attached hydrogens (tertiary/aromatic N) is 2. The Kier molecular flexibility index (Phi) is 5.01. The second kappa shape index (κ2) is 6.75. The van der Waals surface area contributed by atoms with Crippen LogP contribution in [0.1, 0.15) is 16.3 Å². The van der Waals surface area contributed by atoms with E-state index in [0.29, 0.717) is 13.1 Å². The summed E-state index contributed by atoms with van der Waals surface area (Å²) in [6.07, 6.45) is 0.832. The maximum absolute atomic E-state index is 13.1. The molecule has 0 unspecified atom stereocenters. The molecule has 2 rings (SSSR count). The first-order valence-electron chi connectivity index (χ1n) is 6.23. The molecule has 0 spiro atoms. The van der Waals surface area contributed by atoms with Crippen LogP contribution in [-0.4, -0.2) is 23.5 Å². The molecule has 0 bridgehead atoms. The van der Waals surface area contributed by atoms with E-state index in [1.54, 1.807) is 23.5 Å². The van der Waals surface area contributed by atoms with Crippen molar-refractivity contribution in [2.75, 3.05) is 13.6 Å². The quantitative estimate of drug-likeness (QED) is 0.883. The summed E-state index contributed by atoms with van der Waals surface area (Å²) in [5.74, 6) is -0.190. The Morgan fingerprint density at radius 1 is 1.37 bits per heavy atom. The second-order valence-electron chi connectivity index (χ2n) is 4.57. The summed E-state index contributed by atoms with van der Waals surface area (Å²) in [6.45, 7) is 2.10. The highest BCUT2D eigenvalue weighted by molar-refractivity contribution is 7.09. The number of rotatable bonds is 6. The van der Waals surface area contributed by atoms with E-state index in [1.165, 1.54) is 6.07 Å². The first-order chi connectivity index (χ1) is 9.17. The number of halogens is 1. The molecule has 1 heterocycles. The Labute approximate surface area is 116 Å². The van der Waals surface area contributed by atoms with E-state index >= 15 is 0 Å². The van der Waals surface area contributed by atoms with Gasteiger partial charge in [-0.1, -0.05) is 12.1 Å². The van der Waals surface area contributed by atoms with Gasteiger partial charge in [0.25, 0.3) is 0 Å². The van der Waals surface area contributed by atoms with Gasteiger partial charge in [-0.05, 0) is 31.3 Å². The molecule has 102 valence electrons. The molecule has 0 amide bonds. The standard InChI is InChI=1S/C14H18FN3S/c1-18(8-11-3-2-4-12(15)7-11)9-13-10-19-14(17-13)5-6-16/h2-4,7,10H,5-6,8-9,16H2,1H3. The van der Waals surface area contributed by atoms with E-state index in [1.807, 2.05) is 13.1 Å². The van der Waals surface area contributed by atoms with Crippen molar-refractivity contribution < 1.29 is 4.39 Å². The zero-order valence-electron chi connectivity index (χ0n) is 11.0. The molecule has 0 saturated carbocycles. The Morgan fingerprint density at radius 2 is 2.21 bits per heavy atom. The normalized spacial score (nSPS) is 11.2. The molecule has 0 radical (unpaired) electrons. The maximum atomic E-state index is 13.1. The highest BCUT2D eigenvalue weighted by Gasteiger charge is 2.06. The van der Waals surface area contributed by atoms with Gasteiger partial charge in [0.05, 0.1) is 10.7 Å². The van der Waals surface area contributed by atoms with Gasteiger partial charge < -0.3 is 5.73 Å². The second-order valence-corrected chi connectivity index (χ2v) is 5.52. The fraction of sp³-hybridized carbons (Fsp3) is 0.357. The largest absolute Gasteiger partial charge is 0.330 e. The van der Waals surface area contributed by atoms with Gasteiger partial charge in [0.2, 0.25) is 0 Å². The van der Waals surface area contributed by atoms with Crippen LogP contribution < -0.4 is 5.73 Å². The molecular weight excluding hydrogens is 261 g/mol. The van der Waals surface area contributed by atoms with Gasteiger partial charge in [-0.25, -0.2) is 9.37 Å². The molecule has 1 aromatic heterocycles. The first-order valence-corrected chi connectivity index (χ1v) is 7.11. The van der Waals surface area contributed by atoms with Gasteiger partial charge in [0, 0.05) is 24.9 Å². The van der Waals surface area contributed by atoms with Crippen molar-refractivity contribution >= 4 is 11.3 Å². The molecule has 19 heavy (non-hydrogen) atoms. The Morgan fingerprint density at radius 3 is 2.95 bits per heavy atom. The third-order valence-corrected chi connectivity index (χ3v) is 3.69. The number of nitrogens with two attached hydrogens (primary N) is 1. The van der Waals surface area contributed by atoms with Crippen molar-refractivity contribution in [1.82, 2.24) is 9.88 Å². The third kappa shape index (κ3) is 4.38. The van der Waals surface area contributed by atoms with Gasteiger partial charge in [-0.3, -0.25) is 4.90 Å². The minimum absolute atomic E-state index is 0.190. The zero-order chi connectivity index (χ0) is 13.7. The Hall–Kier alpha value is -1.30. The molecule has 0 fully saturated rings. The molecule has 0 atom stereocenters. The predicted molar refractivity (Wildman–Crippen MR) is 76.4 cm³/mol. The molecule has 0 aliphatic heterocycles. The van der Waals surface area contributed by atoms with E-state index < -0.39 is 0 Å². The number of hydrogen-bond donors (Lipinski definition) is 1. The number of aromatic nitrogens is 1. The zero-order valence-corrected chi connectivity index (χ0v) is 11.8. The molecule has 0 saturated heterocycles. The summed E-state index contributed by atoms with van der Waals surface area (Å²) >= 11 is 1.65. The van der Waals surface area contributed by atoms with Gasteiger partial charge in [0.1, 0.15) is 5.82 Å². The molecule has 5 heteroatoms. The Balaban J connectivity index is 1.91. The van der Waals surface area contributed by atoms with E-state index in [0.717, 1.165) is 29.2 Å². The van der Waals surface area contributed by atoms with Crippen LogP contribution in [0, 0.1) is 5.82 Å². The third-order valence-electron chi connectivity index (χ3n) is 2.73. The minimum atomic E-state index is -0.190. The average molecular weight is 279 g/mol. The Bertz CT molecular complexity index is 527. The van der Waals surface area contributed by atoms with Crippen molar-refractivity contribution in [3.63, 3.8) is 0 Å². The fourth-order valence-corrected chi connectivity index (χ4v) is 2.74.